The lowest BCUT2D eigenvalue weighted by molar-refractivity contribution is 0.226. The van der Waals surface area contributed by atoms with Gasteiger partial charge in [-0.15, -0.1) is 0 Å². The maximum absolute atomic E-state index is 9.07. The van der Waals surface area contributed by atoms with E-state index in [4.69, 9.17) is 5.11 Å². The van der Waals surface area contributed by atoms with Crippen LogP contribution in [0, 0.1) is 5.92 Å². The van der Waals surface area contributed by atoms with Crippen LogP contribution in [0.25, 0.3) is 10.9 Å². The first kappa shape index (κ1) is 11.8. The number of benzene rings is 1. The standard InChI is InChI=1S/C13H17N3O/c1-9(8-17)10(2)15-13-14-7-11-5-3-4-6-12(11)16-13/h3-7,9-10,17H,8H2,1-2H3,(H,14,15,16). The monoisotopic (exact) mass is 231 g/mol. The molecule has 0 bridgehead atoms. The average molecular weight is 231 g/mol. The van der Waals surface area contributed by atoms with Crippen molar-refractivity contribution in [2.24, 2.45) is 5.92 Å². The number of anilines is 1. The van der Waals surface area contributed by atoms with Crippen molar-refractivity contribution in [3.05, 3.63) is 30.5 Å². The highest BCUT2D eigenvalue weighted by atomic mass is 16.3. The fourth-order valence-corrected chi connectivity index (χ4v) is 1.55. The zero-order valence-corrected chi connectivity index (χ0v) is 10.1. The van der Waals surface area contributed by atoms with Crippen LogP contribution in [0.1, 0.15) is 13.8 Å². The van der Waals surface area contributed by atoms with Gasteiger partial charge in [-0.2, -0.15) is 0 Å². The zero-order valence-electron chi connectivity index (χ0n) is 10.1. The van der Waals surface area contributed by atoms with E-state index >= 15 is 0 Å². The topological polar surface area (TPSA) is 58.0 Å². The van der Waals surface area contributed by atoms with Crippen LogP contribution in [0.2, 0.25) is 0 Å². The molecule has 0 aliphatic rings. The van der Waals surface area contributed by atoms with Crippen LogP contribution in [-0.4, -0.2) is 27.7 Å². The van der Waals surface area contributed by atoms with Gasteiger partial charge in [0.1, 0.15) is 0 Å². The van der Waals surface area contributed by atoms with E-state index < -0.39 is 0 Å². The second-order valence-corrected chi connectivity index (χ2v) is 4.35. The maximum atomic E-state index is 9.07. The highest BCUT2D eigenvalue weighted by Gasteiger charge is 2.11. The minimum atomic E-state index is 0.140. The molecule has 0 amide bonds. The average Bonchev–Trinajstić information content (AvgIpc) is 2.37. The molecule has 0 saturated carbocycles. The van der Waals surface area contributed by atoms with Gasteiger partial charge in [0.2, 0.25) is 5.95 Å². The summed E-state index contributed by atoms with van der Waals surface area (Å²) in [5, 5.41) is 13.3. The number of para-hydroxylation sites is 1. The molecule has 2 N–H and O–H groups in total. The summed E-state index contributed by atoms with van der Waals surface area (Å²) >= 11 is 0. The number of rotatable bonds is 4. The van der Waals surface area contributed by atoms with E-state index in [1.54, 1.807) is 6.20 Å². The molecule has 0 radical (unpaired) electrons. The molecule has 2 aromatic rings. The minimum Gasteiger partial charge on any atom is -0.396 e. The molecule has 90 valence electrons. The summed E-state index contributed by atoms with van der Waals surface area (Å²) in [7, 11) is 0. The summed E-state index contributed by atoms with van der Waals surface area (Å²) in [6.07, 6.45) is 1.81. The van der Waals surface area contributed by atoms with Gasteiger partial charge in [-0.3, -0.25) is 0 Å². The Morgan fingerprint density at radius 2 is 2.06 bits per heavy atom. The fraction of sp³-hybridized carbons (Fsp3) is 0.385. The lowest BCUT2D eigenvalue weighted by Crippen LogP contribution is -2.27. The van der Waals surface area contributed by atoms with Crippen molar-refractivity contribution >= 4 is 16.9 Å². The molecule has 0 aliphatic heterocycles. The van der Waals surface area contributed by atoms with Crippen LogP contribution in [-0.2, 0) is 0 Å². The predicted octanol–water partition coefficient (Wildman–Crippen LogP) is 2.06. The van der Waals surface area contributed by atoms with E-state index in [0.717, 1.165) is 10.9 Å². The van der Waals surface area contributed by atoms with Crippen molar-refractivity contribution < 1.29 is 5.11 Å². The van der Waals surface area contributed by atoms with Crippen molar-refractivity contribution in [2.75, 3.05) is 11.9 Å². The van der Waals surface area contributed by atoms with E-state index in [-0.39, 0.29) is 18.6 Å². The van der Waals surface area contributed by atoms with Gasteiger partial charge in [-0.05, 0) is 18.9 Å². The quantitative estimate of drug-likeness (QED) is 0.845. The Labute approximate surface area is 101 Å². The number of hydrogen-bond donors (Lipinski definition) is 2. The van der Waals surface area contributed by atoms with Gasteiger partial charge >= 0.3 is 0 Å². The molecule has 1 aromatic carbocycles. The number of aliphatic hydroxyl groups excluding tert-OH is 1. The van der Waals surface area contributed by atoms with E-state index in [0.29, 0.717) is 5.95 Å². The molecule has 1 aromatic heterocycles. The number of aromatic nitrogens is 2. The number of nitrogens with one attached hydrogen (secondary N) is 1. The van der Waals surface area contributed by atoms with Crippen LogP contribution < -0.4 is 5.32 Å². The van der Waals surface area contributed by atoms with Gasteiger partial charge in [0, 0.05) is 24.2 Å². The molecule has 4 nitrogen and oxygen atoms in total. The van der Waals surface area contributed by atoms with Gasteiger partial charge in [0.05, 0.1) is 5.52 Å². The van der Waals surface area contributed by atoms with Gasteiger partial charge in [0.15, 0.2) is 0 Å². The Bertz CT molecular complexity index is 501. The minimum absolute atomic E-state index is 0.140. The lowest BCUT2D eigenvalue weighted by Gasteiger charge is -2.19. The second-order valence-electron chi connectivity index (χ2n) is 4.35. The Morgan fingerprint density at radius 1 is 1.29 bits per heavy atom. The van der Waals surface area contributed by atoms with E-state index in [9.17, 15) is 0 Å². The van der Waals surface area contributed by atoms with Crippen LogP contribution >= 0.6 is 0 Å². The van der Waals surface area contributed by atoms with Crippen molar-refractivity contribution in [1.82, 2.24) is 9.97 Å². The van der Waals surface area contributed by atoms with Crippen molar-refractivity contribution in [2.45, 2.75) is 19.9 Å². The lowest BCUT2D eigenvalue weighted by atomic mass is 10.1. The van der Waals surface area contributed by atoms with Gasteiger partial charge in [0.25, 0.3) is 0 Å². The molecule has 17 heavy (non-hydrogen) atoms. The molecule has 1 heterocycles. The molecule has 2 unspecified atom stereocenters. The Balaban J connectivity index is 2.19. The summed E-state index contributed by atoms with van der Waals surface area (Å²) in [5.74, 6) is 0.779. The zero-order chi connectivity index (χ0) is 12.3. The van der Waals surface area contributed by atoms with Crippen molar-refractivity contribution in [3.8, 4) is 0 Å². The molecule has 0 aliphatic carbocycles. The van der Waals surface area contributed by atoms with E-state index in [1.807, 2.05) is 38.1 Å². The van der Waals surface area contributed by atoms with Crippen LogP contribution in [0.15, 0.2) is 30.5 Å². The predicted molar refractivity (Wildman–Crippen MR) is 68.9 cm³/mol. The number of nitrogens with zero attached hydrogens (tertiary/aromatic N) is 2. The Kier molecular flexibility index (Phi) is 3.54. The molecule has 2 rings (SSSR count). The van der Waals surface area contributed by atoms with Crippen LogP contribution in [0.4, 0.5) is 5.95 Å². The SMILES string of the molecule is CC(CO)C(C)Nc1ncc2ccccc2n1. The third-order valence-corrected chi connectivity index (χ3v) is 2.99. The fourth-order valence-electron chi connectivity index (χ4n) is 1.55. The highest BCUT2D eigenvalue weighted by Crippen LogP contribution is 2.13. The first-order valence-corrected chi connectivity index (χ1v) is 5.80. The van der Waals surface area contributed by atoms with E-state index in [1.165, 1.54) is 0 Å². The largest absolute Gasteiger partial charge is 0.396 e. The normalized spacial score (nSPS) is 14.5. The summed E-state index contributed by atoms with van der Waals surface area (Å²) in [6.45, 7) is 4.15. The van der Waals surface area contributed by atoms with E-state index in [2.05, 4.69) is 15.3 Å². The second kappa shape index (κ2) is 5.10. The summed E-state index contributed by atoms with van der Waals surface area (Å²) in [6, 6.07) is 8.01. The number of aliphatic hydroxyl groups is 1. The number of fused-ring (bicyclic) bond motifs is 1. The van der Waals surface area contributed by atoms with Crippen molar-refractivity contribution in [1.29, 1.82) is 0 Å². The molecule has 0 fully saturated rings. The molecule has 0 spiro atoms. The molecular weight excluding hydrogens is 214 g/mol. The van der Waals surface area contributed by atoms with Crippen LogP contribution in [0.5, 0.6) is 0 Å². The van der Waals surface area contributed by atoms with Gasteiger partial charge < -0.3 is 10.4 Å². The first-order valence-electron chi connectivity index (χ1n) is 5.80. The molecule has 4 heteroatoms. The molecule has 0 saturated heterocycles. The molecule has 2 atom stereocenters. The maximum Gasteiger partial charge on any atom is 0.223 e. The third kappa shape index (κ3) is 2.71. The van der Waals surface area contributed by atoms with Gasteiger partial charge in [-0.25, -0.2) is 9.97 Å². The number of hydrogen-bond acceptors (Lipinski definition) is 4. The van der Waals surface area contributed by atoms with Gasteiger partial charge in [-0.1, -0.05) is 25.1 Å². The van der Waals surface area contributed by atoms with Crippen molar-refractivity contribution in [3.63, 3.8) is 0 Å². The smallest absolute Gasteiger partial charge is 0.223 e. The summed E-state index contributed by atoms with van der Waals surface area (Å²) < 4.78 is 0. The summed E-state index contributed by atoms with van der Waals surface area (Å²) in [5.41, 5.74) is 0.925. The summed E-state index contributed by atoms with van der Waals surface area (Å²) in [4.78, 5) is 8.69. The third-order valence-electron chi connectivity index (χ3n) is 2.99. The Morgan fingerprint density at radius 3 is 2.82 bits per heavy atom. The molecular formula is C13H17N3O. The Hall–Kier alpha value is -1.68. The highest BCUT2D eigenvalue weighted by molar-refractivity contribution is 5.78. The first-order chi connectivity index (χ1) is 8.20. The van der Waals surface area contributed by atoms with Crippen LogP contribution in [0.3, 0.4) is 0 Å².